The highest BCUT2D eigenvalue weighted by Gasteiger charge is 2.23. The highest BCUT2D eigenvalue weighted by atomic mass is 35.5. The molecule has 6 heteroatoms. The zero-order chi connectivity index (χ0) is 19.6. The van der Waals surface area contributed by atoms with E-state index in [1.165, 1.54) is 0 Å². The second kappa shape index (κ2) is 8.01. The van der Waals surface area contributed by atoms with Crippen LogP contribution in [0.2, 0.25) is 5.02 Å². The van der Waals surface area contributed by atoms with E-state index in [0.29, 0.717) is 17.1 Å². The molecule has 2 amide bonds. The number of nitrogens with zero attached hydrogens (tertiary/aromatic N) is 1. The molecule has 2 N–H and O–H groups in total. The number of halogens is 1. The number of amides is 2. The van der Waals surface area contributed by atoms with Crippen LogP contribution in [-0.4, -0.2) is 24.4 Å². The third-order valence-electron chi connectivity index (χ3n) is 4.86. The molecule has 0 radical (unpaired) electrons. The molecular formula is C21H24ClN3O2. The van der Waals surface area contributed by atoms with Crippen molar-refractivity contribution in [2.24, 2.45) is 0 Å². The molecule has 0 saturated carbocycles. The Balaban J connectivity index is 1.67. The van der Waals surface area contributed by atoms with Crippen LogP contribution >= 0.6 is 11.6 Å². The van der Waals surface area contributed by atoms with Crippen molar-refractivity contribution in [1.29, 1.82) is 0 Å². The van der Waals surface area contributed by atoms with Gasteiger partial charge < -0.3 is 15.5 Å². The molecule has 27 heavy (non-hydrogen) atoms. The maximum Gasteiger partial charge on any atom is 0.246 e. The van der Waals surface area contributed by atoms with Gasteiger partial charge in [-0.1, -0.05) is 17.7 Å². The molecule has 1 fully saturated rings. The first-order valence-electron chi connectivity index (χ1n) is 9.10. The normalized spacial score (nSPS) is 15.0. The van der Waals surface area contributed by atoms with Gasteiger partial charge in [-0.25, -0.2) is 0 Å². The molecule has 1 atom stereocenters. The van der Waals surface area contributed by atoms with Crippen molar-refractivity contribution in [1.82, 2.24) is 0 Å². The number of anilines is 3. The van der Waals surface area contributed by atoms with E-state index in [0.717, 1.165) is 35.5 Å². The van der Waals surface area contributed by atoms with E-state index in [2.05, 4.69) is 10.6 Å². The molecule has 0 spiro atoms. The van der Waals surface area contributed by atoms with Gasteiger partial charge in [-0.15, -0.1) is 0 Å². The quantitative estimate of drug-likeness (QED) is 0.795. The van der Waals surface area contributed by atoms with Gasteiger partial charge in [-0.05, 0) is 68.7 Å². The molecule has 1 aliphatic rings. The zero-order valence-electron chi connectivity index (χ0n) is 15.8. The Hall–Kier alpha value is -2.53. The Morgan fingerprint density at radius 1 is 1.22 bits per heavy atom. The summed E-state index contributed by atoms with van der Waals surface area (Å²) in [4.78, 5) is 26.3. The maximum atomic E-state index is 12.5. The summed E-state index contributed by atoms with van der Waals surface area (Å²) in [6, 6.07) is 10.8. The second-order valence-corrected chi connectivity index (χ2v) is 7.33. The number of benzene rings is 2. The summed E-state index contributed by atoms with van der Waals surface area (Å²) in [5.41, 5.74) is 4.34. The van der Waals surface area contributed by atoms with Gasteiger partial charge in [0.05, 0.1) is 0 Å². The topological polar surface area (TPSA) is 61.4 Å². The molecule has 5 nitrogen and oxygen atoms in total. The minimum absolute atomic E-state index is 0.142. The van der Waals surface area contributed by atoms with Crippen molar-refractivity contribution in [2.75, 3.05) is 22.1 Å². The van der Waals surface area contributed by atoms with Crippen molar-refractivity contribution < 1.29 is 9.59 Å². The molecule has 1 saturated heterocycles. The van der Waals surface area contributed by atoms with Crippen LogP contribution < -0.4 is 15.5 Å². The highest BCUT2D eigenvalue weighted by Crippen LogP contribution is 2.28. The van der Waals surface area contributed by atoms with E-state index in [4.69, 9.17) is 11.6 Å². The maximum absolute atomic E-state index is 12.5. The van der Waals surface area contributed by atoms with E-state index >= 15 is 0 Å². The first-order chi connectivity index (χ1) is 12.9. The lowest BCUT2D eigenvalue weighted by Gasteiger charge is -2.21. The fraction of sp³-hybridized carbons (Fsp3) is 0.333. The van der Waals surface area contributed by atoms with Crippen LogP contribution in [-0.2, 0) is 9.59 Å². The minimum Gasteiger partial charge on any atom is -0.374 e. The van der Waals surface area contributed by atoms with Gasteiger partial charge in [-0.3, -0.25) is 9.59 Å². The van der Waals surface area contributed by atoms with Gasteiger partial charge in [0.15, 0.2) is 0 Å². The van der Waals surface area contributed by atoms with Crippen LogP contribution in [0.3, 0.4) is 0 Å². The smallest absolute Gasteiger partial charge is 0.246 e. The lowest BCUT2D eigenvalue weighted by molar-refractivity contribution is -0.117. The van der Waals surface area contributed by atoms with E-state index in [-0.39, 0.29) is 11.8 Å². The Morgan fingerprint density at radius 2 is 2.00 bits per heavy atom. The highest BCUT2D eigenvalue weighted by molar-refractivity contribution is 6.31. The molecule has 0 aromatic heterocycles. The second-order valence-electron chi connectivity index (χ2n) is 6.92. The molecule has 1 unspecified atom stereocenters. The summed E-state index contributed by atoms with van der Waals surface area (Å²) in [6.45, 7) is 6.43. The lowest BCUT2D eigenvalue weighted by atomic mass is 10.1. The average Bonchev–Trinajstić information content (AvgIpc) is 3.05. The molecule has 1 heterocycles. The zero-order valence-corrected chi connectivity index (χ0v) is 16.6. The summed E-state index contributed by atoms with van der Waals surface area (Å²) in [6.07, 6.45) is 1.51. The predicted octanol–water partition coefficient (Wildman–Crippen LogP) is 4.52. The molecule has 3 rings (SSSR count). The third-order valence-corrected chi connectivity index (χ3v) is 5.27. The SMILES string of the molecule is Cc1cc(NC(C)C(=O)Nc2cccc(Cl)c2C)ccc1N1CCCC1=O. The Labute approximate surface area is 164 Å². The molecule has 2 aromatic carbocycles. The van der Waals surface area contributed by atoms with Gasteiger partial charge >= 0.3 is 0 Å². The number of rotatable bonds is 5. The molecule has 0 bridgehead atoms. The van der Waals surface area contributed by atoms with E-state index in [9.17, 15) is 9.59 Å². The first kappa shape index (κ1) is 19.2. The van der Waals surface area contributed by atoms with Crippen molar-refractivity contribution >= 4 is 40.5 Å². The number of hydrogen-bond donors (Lipinski definition) is 2. The van der Waals surface area contributed by atoms with Crippen molar-refractivity contribution in [3.05, 3.63) is 52.5 Å². The average molecular weight is 386 g/mol. The summed E-state index contributed by atoms with van der Waals surface area (Å²) in [5, 5.41) is 6.75. The minimum atomic E-state index is -0.429. The Bertz CT molecular complexity index is 882. The van der Waals surface area contributed by atoms with Crippen molar-refractivity contribution in [3.63, 3.8) is 0 Å². The van der Waals surface area contributed by atoms with Crippen LogP contribution in [0.5, 0.6) is 0 Å². The largest absolute Gasteiger partial charge is 0.374 e. The Kier molecular flexibility index (Phi) is 5.71. The third kappa shape index (κ3) is 4.25. The van der Waals surface area contributed by atoms with Crippen LogP contribution in [0.1, 0.15) is 30.9 Å². The fourth-order valence-electron chi connectivity index (χ4n) is 3.25. The van der Waals surface area contributed by atoms with Crippen molar-refractivity contribution in [2.45, 2.75) is 39.7 Å². The van der Waals surface area contributed by atoms with Crippen molar-refractivity contribution in [3.8, 4) is 0 Å². The molecule has 0 aliphatic carbocycles. The van der Waals surface area contributed by atoms with Crippen LogP contribution in [0.15, 0.2) is 36.4 Å². The number of hydrogen-bond acceptors (Lipinski definition) is 3. The summed E-state index contributed by atoms with van der Waals surface area (Å²) in [7, 11) is 0. The van der Waals surface area contributed by atoms with Gasteiger partial charge in [0.2, 0.25) is 11.8 Å². The predicted molar refractivity (Wildman–Crippen MR) is 111 cm³/mol. The Morgan fingerprint density at radius 3 is 2.67 bits per heavy atom. The van der Waals surface area contributed by atoms with Gasteiger partial charge in [0, 0.05) is 35.1 Å². The number of nitrogens with one attached hydrogen (secondary N) is 2. The van der Waals surface area contributed by atoms with Crippen LogP contribution in [0.4, 0.5) is 17.1 Å². The van der Waals surface area contributed by atoms with Gasteiger partial charge in [0.1, 0.15) is 6.04 Å². The van der Waals surface area contributed by atoms with Gasteiger partial charge in [0.25, 0.3) is 0 Å². The summed E-state index contributed by atoms with van der Waals surface area (Å²) in [5.74, 6) is 0.0280. The summed E-state index contributed by atoms with van der Waals surface area (Å²) >= 11 is 6.11. The van der Waals surface area contributed by atoms with Gasteiger partial charge in [-0.2, -0.15) is 0 Å². The van der Waals surface area contributed by atoms with Crippen LogP contribution in [0.25, 0.3) is 0 Å². The molecule has 1 aliphatic heterocycles. The van der Waals surface area contributed by atoms with E-state index in [1.807, 2.05) is 56.0 Å². The summed E-state index contributed by atoms with van der Waals surface area (Å²) < 4.78 is 0. The fourth-order valence-corrected chi connectivity index (χ4v) is 3.42. The molecule has 2 aromatic rings. The van der Waals surface area contributed by atoms with E-state index in [1.54, 1.807) is 6.07 Å². The van der Waals surface area contributed by atoms with E-state index < -0.39 is 6.04 Å². The standard InChI is InChI=1S/C21H24ClN3O2/c1-13-12-16(9-10-19(13)25-11-5-8-20(25)26)23-15(3)21(27)24-18-7-4-6-17(22)14(18)2/h4,6-7,9-10,12,15,23H,5,8,11H2,1-3H3,(H,24,27). The number of aryl methyl sites for hydroxylation is 1. The molecule has 142 valence electrons. The first-order valence-corrected chi connectivity index (χ1v) is 9.48. The monoisotopic (exact) mass is 385 g/mol. The molecular weight excluding hydrogens is 362 g/mol. The number of carbonyl (C=O) groups excluding carboxylic acids is 2. The number of carbonyl (C=O) groups is 2. The lowest BCUT2D eigenvalue weighted by Crippen LogP contribution is -2.32. The van der Waals surface area contributed by atoms with Crippen LogP contribution in [0, 0.1) is 13.8 Å².